The first-order valence-electron chi connectivity index (χ1n) is 8.07. The Labute approximate surface area is 163 Å². The molecule has 0 fully saturated rings. The molecule has 130 valence electrons. The Morgan fingerprint density at radius 3 is 1.87 bits per heavy atom. The van der Waals surface area contributed by atoms with Crippen LogP contribution in [0.1, 0.15) is 64.7 Å². The Balaban J connectivity index is 0. The van der Waals surface area contributed by atoms with Crippen LogP contribution >= 0.6 is 7.60 Å². The Morgan fingerprint density at radius 1 is 1.00 bits per heavy atom. The molecular formula is C16H30NaO5P. The monoisotopic (exact) mass is 356 g/mol. The van der Waals surface area contributed by atoms with E-state index in [0.29, 0.717) is 18.6 Å². The third-order valence-electron chi connectivity index (χ3n) is 3.44. The summed E-state index contributed by atoms with van der Waals surface area (Å²) in [6.45, 7) is 5.65. The smallest absolute Gasteiger partial charge is 0.779 e. The van der Waals surface area contributed by atoms with Gasteiger partial charge in [-0.1, -0.05) is 51.5 Å². The molecule has 0 radical (unpaired) electrons. The number of hydrogen-bond acceptors (Lipinski definition) is 5. The summed E-state index contributed by atoms with van der Waals surface area (Å²) >= 11 is 0. The number of esters is 1. The summed E-state index contributed by atoms with van der Waals surface area (Å²) in [5, 5.41) is 0. The molecule has 0 N–H and O–H groups in total. The third-order valence-corrected chi connectivity index (χ3v) is 4.86. The SMILES string of the molecule is C=C(C)C(=O)OCCCCCCCCCCCP(=O)([O-])OC.[Na+]. The molecular weight excluding hydrogens is 326 g/mol. The molecule has 1 unspecified atom stereocenters. The van der Waals surface area contributed by atoms with E-state index in [1.807, 2.05) is 0 Å². The molecule has 0 bridgehead atoms. The van der Waals surface area contributed by atoms with Crippen LogP contribution in [0.2, 0.25) is 0 Å². The Hall–Kier alpha value is 0.360. The van der Waals surface area contributed by atoms with Crippen molar-refractivity contribution in [3.05, 3.63) is 12.2 Å². The van der Waals surface area contributed by atoms with Crippen molar-refractivity contribution in [3.63, 3.8) is 0 Å². The summed E-state index contributed by atoms with van der Waals surface area (Å²) in [6.07, 6.45) is 9.43. The second kappa shape index (κ2) is 15.9. The van der Waals surface area contributed by atoms with E-state index in [1.165, 1.54) is 20.0 Å². The summed E-state index contributed by atoms with van der Waals surface area (Å²) < 4.78 is 20.5. The second-order valence-corrected chi connectivity index (χ2v) is 7.65. The Bertz CT molecular complexity index is 373. The van der Waals surface area contributed by atoms with E-state index < -0.39 is 7.60 Å². The summed E-state index contributed by atoms with van der Waals surface area (Å²) in [6, 6.07) is 0. The van der Waals surface area contributed by atoms with Gasteiger partial charge in [0.05, 0.1) is 6.61 Å². The van der Waals surface area contributed by atoms with Gasteiger partial charge in [0.15, 0.2) is 0 Å². The van der Waals surface area contributed by atoms with E-state index in [2.05, 4.69) is 11.1 Å². The van der Waals surface area contributed by atoms with E-state index in [9.17, 15) is 14.3 Å². The minimum atomic E-state index is -3.56. The van der Waals surface area contributed by atoms with E-state index in [0.717, 1.165) is 38.5 Å². The van der Waals surface area contributed by atoms with Crippen molar-refractivity contribution >= 4 is 13.6 Å². The number of rotatable bonds is 14. The quantitative estimate of drug-likeness (QED) is 0.151. The molecule has 23 heavy (non-hydrogen) atoms. The second-order valence-electron chi connectivity index (χ2n) is 5.62. The molecule has 0 aromatic heterocycles. The van der Waals surface area contributed by atoms with Crippen LogP contribution in [-0.2, 0) is 18.6 Å². The van der Waals surface area contributed by atoms with E-state index in [-0.39, 0.29) is 41.7 Å². The topological polar surface area (TPSA) is 75.7 Å². The molecule has 1 atom stereocenters. The van der Waals surface area contributed by atoms with Crippen LogP contribution in [0.5, 0.6) is 0 Å². The molecule has 0 aromatic rings. The van der Waals surface area contributed by atoms with Gasteiger partial charge in [0.1, 0.15) is 7.60 Å². The molecule has 0 amide bonds. The minimum Gasteiger partial charge on any atom is -0.779 e. The number of carbonyl (C=O) groups is 1. The van der Waals surface area contributed by atoms with Crippen molar-refractivity contribution in [3.8, 4) is 0 Å². The Morgan fingerprint density at radius 2 is 1.43 bits per heavy atom. The van der Waals surface area contributed by atoms with Crippen molar-refractivity contribution in [2.75, 3.05) is 19.9 Å². The number of carbonyl (C=O) groups excluding carboxylic acids is 1. The van der Waals surface area contributed by atoms with Gasteiger partial charge in [-0.25, -0.2) is 4.79 Å². The van der Waals surface area contributed by atoms with Crippen LogP contribution in [0, 0.1) is 0 Å². The van der Waals surface area contributed by atoms with Crippen LogP contribution in [-0.4, -0.2) is 25.8 Å². The molecule has 0 aliphatic heterocycles. The van der Waals surface area contributed by atoms with Gasteiger partial charge in [0.25, 0.3) is 0 Å². The van der Waals surface area contributed by atoms with Crippen molar-refractivity contribution in [1.82, 2.24) is 0 Å². The predicted molar refractivity (Wildman–Crippen MR) is 86.8 cm³/mol. The first kappa shape index (κ1) is 25.6. The maximum atomic E-state index is 11.1. The van der Waals surface area contributed by atoms with Gasteiger partial charge in [-0.2, -0.15) is 0 Å². The van der Waals surface area contributed by atoms with Gasteiger partial charge >= 0.3 is 35.5 Å². The fourth-order valence-corrected chi connectivity index (χ4v) is 2.82. The average Bonchev–Trinajstić information content (AvgIpc) is 2.47. The van der Waals surface area contributed by atoms with E-state index in [4.69, 9.17) is 4.74 Å². The van der Waals surface area contributed by atoms with Gasteiger partial charge in [-0.05, 0) is 19.8 Å². The van der Waals surface area contributed by atoms with Crippen molar-refractivity contribution in [2.45, 2.75) is 64.7 Å². The summed E-state index contributed by atoms with van der Waals surface area (Å²) in [5.41, 5.74) is 0.443. The standard InChI is InChI=1S/C16H31O5P.Na/c1-15(2)16(17)21-13-11-9-7-5-4-6-8-10-12-14-22(18,19)20-3;/h1,4-14H2,2-3H3,(H,18,19);/q;+1/p-1. The number of hydrogen-bond donors (Lipinski definition) is 0. The molecule has 0 heterocycles. The van der Waals surface area contributed by atoms with Gasteiger partial charge in [0.2, 0.25) is 0 Å². The molecule has 0 spiro atoms. The zero-order chi connectivity index (χ0) is 16.8. The number of ether oxygens (including phenoxy) is 1. The molecule has 0 saturated heterocycles. The zero-order valence-corrected chi connectivity index (χ0v) is 17.9. The van der Waals surface area contributed by atoms with Crippen LogP contribution in [0.3, 0.4) is 0 Å². The van der Waals surface area contributed by atoms with Crippen LogP contribution in [0.25, 0.3) is 0 Å². The summed E-state index contributed by atoms with van der Waals surface area (Å²) in [5.74, 6) is -0.309. The normalized spacial score (nSPS) is 13.0. The zero-order valence-electron chi connectivity index (χ0n) is 15.0. The first-order valence-corrected chi connectivity index (χ1v) is 9.80. The van der Waals surface area contributed by atoms with Gasteiger partial charge in [0, 0.05) is 18.8 Å². The fourth-order valence-electron chi connectivity index (χ4n) is 2.02. The molecule has 7 heteroatoms. The van der Waals surface area contributed by atoms with Gasteiger partial charge in [-0.15, -0.1) is 0 Å². The maximum Gasteiger partial charge on any atom is 1.00 e. The minimum absolute atomic E-state index is 0. The number of unbranched alkanes of at least 4 members (excludes halogenated alkanes) is 8. The van der Waals surface area contributed by atoms with Crippen LogP contribution in [0.15, 0.2) is 12.2 Å². The van der Waals surface area contributed by atoms with Crippen molar-refractivity contribution < 1.29 is 53.1 Å². The van der Waals surface area contributed by atoms with Crippen LogP contribution in [0.4, 0.5) is 0 Å². The van der Waals surface area contributed by atoms with Gasteiger partial charge in [-0.3, -0.25) is 0 Å². The van der Waals surface area contributed by atoms with E-state index >= 15 is 0 Å². The largest absolute Gasteiger partial charge is 1.00 e. The fraction of sp³-hybridized carbons (Fsp3) is 0.812. The van der Waals surface area contributed by atoms with Crippen LogP contribution < -0.4 is 34.5 Å². The molecule has 5 nitrogen and oxygen atoms in total. The summed E-state index contributed by atoms with van der Waals surface area (Å²) in [7, 11) is -2.34. The van der Waals surface area contributed by atoms with E-state index in [1.54, 1.807) is 6.92 Å². The molecule has 0 rings (SSSR count). The molecule has 0 aromatic carbocycles. The first-order chi connectivity index (χ1) is 10.4. The maximum absolute atomic E-state index is 11.1. The molecule has 0 aliphatic carbocycles. The van der Waals surface area contributed by atoms with Gasteiger partial charge < -0.3 is 18.7 Å². The summed E-state index contributed by atoms with van der Waals surface area (Å²) in [4.78, 5) is 22.2. The molecule has 0 aliphatic rings. The average molecular weight is 356 g/mol. The Kier molecular flexibility index (Phi) is 17.7. The van der Waals surface area contributed by atoms with Crippen molar-refractivity contribution in [2.24, 2.45) is 0 Å². The third kappa shape index (κ3) is 17.0. The van der Waals surface area contributed by atoms with Crippen molar-refractivity contribution in [1.29, 1.82) is 0 Å². The predicted octanol–water partition coefficient (Wildman–Crippen LogP) is 0.820. The molecule has 0 saturated carbocycles.